The van der Waals surface area contributed by atoms with Gasteiger partial charge in [-0.15, -0.1) is 0 Å². The maximum atomic E-state index is 13.5. The fourth-order valence-electron chi connectivity index (χ4n) is 4.89. The second-order valence-corrected chi connectivity index (χ2v) is 8.85. The average molecular weight is 443 g/mol. The molecule has 1 N–H and O–H groups in total. The summed E-state index contributed by atoms with van der Waals surface area (Å²) in [5, 5.41) is 3.44. The van der Waals surface area contributed by atoms with Crippen LogP contribution in [0.5, 0.6) is 11.5 Å². The first-order valence-electron chi connectivity index (χ1n) is 11.7. The molecule has 1 unspecified atom stereocenters. The maximum Gasteiger partial charge on any atom is 0.259 e. The molecule has 5 rings (SSSR count). The first-order valence-corrected chi connectivity index (χ1v) is 11.7. The van der Waals surface area contributed by atoms with E-state index in [1.54, 1.807) is 7.11 Å². The number of methoxy groups -OCH3 is 1. The van der Waals surface area contributed by atoms with Crippen LogP contribution in [0.15, 0.2) is 66.7 Å². The largest absolute Gasteiger partial charge is 0.493 e. The molecule has 1 aliphatic heterocycles. The van der Waals surface area contributed by atoms with Crippen LogP contribution in [0.25, 0.3) is 0 Å². The van der Waals surface area contributed by atoms with E-state index in [1.807, 2.05) is 47.4 Å². The van der Waals surface area contributed by atoms with Gasteiger partial charge in [-0.25, -0.2) is 0 Å². The van der Waals surface area contributed by atoms with E-state index in [0.29, 0.717) is 18.0 Å². The van der Waals surface area contributed by atoms with Crippen LogP contribution in [-0.2, 0) is 6.54 Å². The maximum absolute atomic E-state index is 13.5. The Labute approximate surface area is 195 Å². The van der Waals surface area contributed by atoms with Crippen molar-refractivity contribution < 1.29 is 14.3 Å². The number of hydrogen-bond acceptors (Lipinski definition) is 4. The highest BCUT2D eigenvalue weighted by molar-refractivity contribution is 6.11. The molecule has 3 aromatic rings. The Balaban J connectivity index is 1.38. The summed E-state index contributed by atoms with van der Waals surface area (Å²) in [6.45, 7) is 2.79. The van der Waals surface area contributed by atoms with Gasteiger partial charge in [-0.3, -0.25) is 4.79 Å². The monoisotopic (exact) mass is 442 g/mol. The number of rotatable bonds is 7. The normalized spacial score (nSPS) is 17.8. The van der Waals surface area contributed by atoms with Gasteiger partial charge in [-0.2, -0.15) is 0 Å². The third kappa shape index (κ3) is 4.28. The van der Waals surface area contributed by atoms with E-state index in [0.717, 1.165) is 35.3 Å². The molecule has 0 spiro atoms. The number of carbonyl (C=O) groups excluding carboxylic acids is 1. The number of anilines is 2. The number of benzene rings is 3. The number of ether oxygens (including phenoxy) is 2. The van der Waals surface area contributed by atoms with Crippen LogP contribution < -0.4 is 19.7 Å². The highest BCUT2D eigenvalue weighted by Gasteiger charge is 2.35. The van der Waals surface area contributed by atoms with Gasteiger partial charge in [0.05, 0.1) is 19.3 Å². The Bertz CT molecular complexity index is 1140. The van der Waals surface area contributed by atoms with Crippen LogP contribution in [0.2, 0.25) is 0 Å². The van der Waals surface area contributed by atoms with Gasteiger partial charge in [0.15, 0.2) is 11.5 Å². The van der Waals surface area contributed by atoms with Crippen LogP contribution >= 0.6 is 0 Å². The van der Waals surface area contributed by atoms with Gasteiger partial charge in [0.1, 0.15) is 0 Å². The van der Waals surface area contributed by atoms with E-state index < -0.39 is 0 Å². The van der Waals surface area contributed by atoms with Gasteiger partial charge >= 0.3 is 0 Å². The minimum Gasteiger partial charge on any atom is -0.493 e. The van der Waals surface area contributed by atoms with Crippen molar-refractivity contribution in [2.24, 2.45) is 0 Å². The Morgan fingerprint density at radius 3 is 2.52 bits per heavy atom. The van der Waals surface area contributed by atoms with Crippen molar-refractivity contribution in [3.05, 3.63) is 83.4 Å². The summed E-state index contributed by atoms with van der Waals surface area (Å²) in [5.74, 6) is 1.43. The summed E-state index contributed by atoms with van der Waals surface area (Å²) in [7, 11) is 1.65. The molecule has 2 aliphatic rings. The highest BCUT2D eigenvalue weighted by Crippen LogP contribution is 2.42. The van der Waals surface area contributed by atoms with Crippen molar-refractivity contribution in [3.63, 3.8) is 0 Å². The molecule has 1 amide bonds. The molecule has 1 atom stereocenters. The van der Waals surface area contributed by atoms with Crippen molar-refractivity contribution in [1.29, 1.82) is 0 Å². The molecule has 1 heterocycles. The lowest BCUT2D eigenvalue weighted by Gasteiger charge is -2.24. The smallest absolute Gasteiger partial charge is 0.259 e. The SMILES string of the molecule is COc1ccc(N2C(=O)c3cc(NCc4ccccc4)ccc3C2C)cc1OC1CCCC1. The molecule has 5 nitrogen and oxygen atoms in total. The molecule has 170 valence electrons. The average Bonchev–Trinajstić information content (AvgIpc) is 3.44. The van der Waals surface area contributed by atoms with E-state index in [1.165, 1.54) is 18.4 Å². The van der Waals surface area contributed by atoms with Crippen molar-refractivity contribution in [2.45, 2.75) is 51.3 Å². The van der Waals surface area contributed by atoms with Crippen LogP contribution in [0.4, 0.5) is 11.4 Å². The number of nitrogens with zero attached hydrogens (tertiary/aromatic N) is 1. The Morgan fingerprint density at radius 1 is 0.970 bits per heavy atom. The molecular weight excluding hydrogens is 412 g/mol. The van der Waals surface area contributed by atoms with Crippen LogP contribution in [0.1, 0.15) is 60.1 Å². The second kappa shape index (κ2) is 9.18. The summed E-state index contributed by atoms with van der Waals surface area (Å²) >= 11 is 0. The van der Waals surface area contributed by atoms with Crippen molar-refractivity contribution in [1.82, 2.24) is 0 Å². The van der Waals surface area contributed by atoms with Gasteiger partial charge in [0, 0.05) is 29.5 Å². The van der Waals surface area contributed by atoms with Gasteiger partial charge in [-0.1, -0.05) is 36.4 Å². The van der Waals surface area contributed by atoms with Crippen molar-refractivity contribution in [3.8, 4) is 11.5 Å². The van der Waals surface area contributed by atoms with Crippen molar-refractivity contribution >= 4 is 17.3 Å². The van der Waals surface area contributed by atoms with E-state index in [9.17, 15) is 4.79 Å². The lowest BCUT2D eigenvalue weighted by molar-refractivity contribution is 0.0992. The number of amides is 1. The molecular formula is C28H30N2O3. The zero-order valence-corrected chi connectivity index (χ0v) is 19.2. The topological polar surface area (TPSA) is 50.8 Å². The first-order chi connectivity index (χ1) is 16.1. The summed E-state index contributed by atoms with van der Waals surface area (Å²) < 4.78 is 11.8. The standard InChI is InChI=1S/C28H30N2O3/c1-19-24-14-12-21(29-18-20-8-4-3-5-9-20)16-25(24)28(31)30(19)22-13-15-26(32-2)27(17-22)33-23-10-6-7-11-23/h3-5,8-9,12-17,19,23,29H,6-7,10-11,18H2,1-2H3. The third-order valence-corrected chi connectivity index (χ3v) is 6.70. The predicted molar refractivity (Wildman–Crippen MR) is 131 cm³/mol. The summed E-state index contributed by atoms with van der Waals surface area (Å²) in [5.41, 5.74) is 4.76. The van der Waals surface area contributed by atoms with Gasteiger partial charge in [0.2, 0.25) is 0 Å². The zero-order valence-electron chi connectivity index (χ0n) is 19.2. The number of nitrogens with one attached hydrogen (secondary N) is 1. The van der Waals surface area contributed by atoms with E-state index in [4.69, 9.17) is 9.47 Å². The quantitative estimate of drug-likeness (QED) is 0.463. The summed E-state index contributed by atoms with van der Waals surface area (Å²) in [4.78, 5) is 15.3. The molecule has 1 aliphatic carbocycles. The predicted octanol–water partition coefficient (Wildman–Crippen LogP) is 6.35. The van der Waals surface area contributed by atoms with E-state index in [-0.39, 0.29) is 18.1 Å². The molecule has 0 radical (unpaired) electrons. The Kier molecular flexibility index (Phi) is 5.95. The Hall–Kier alpha value is -3.47. The molecule has 0 bridgehead atoms. The molecule has 1 fully saturated rings. The third-order valence-electron chi connectivity index (χ3n) is 6.70. The summed E-state index contributed by atoms with van der Waals surface area (Å²) in [6, 6.07) is 22.1. The van der Waals surface area contributed by atoms with Crippen LogP contribution in [0, 0.1) is 0 Å². The van der Waals surface area contributed by atoms with E-state index >= 15 is 0 Å². The number of fused-ring (bicyclic) bond motifs is 1. The second-order valence-electron chi connectivity index (χ2n) is 8.85. The van der Waals surface area contributed by atoms with Gasteiger partial charge < -0.3 is 19.7 Å². The molecule has 1 saturated carbocycles. The molecule has 5 heteroatoms. The molecule has 0 aromatic heterocycles. The minimum absolute atomic E-state index is 0.0119. The fourth-order valence-corrected chi connectivity index (χ4v) is 4.89. The van der Waals surface area contributed by atoms with E-state index in [2.05, 4.69) is 36.5 Å². The summed E-state index contributed by atoms with van der Waals surface area (Å²) in [6.07, 6.45) is 4.75. The molecule has 0 saturated heterocycles. The lowest BCUT2D eigenvalue weighted by Crippen LogP contribution is -2.26. The molecule has 33 heavy (non-hydrogen) atoms. The minimum atomic E-state index is -0.0524. The number of hydrogen-bond donors (Lipinski definition) is 1. The Morgan fingerprint density at radius 2 is 1.76 bits per heavy atom. The molecule has 3 aromatic carbocycles. The van der Waals surface area contributed by atoms with Crippen molar-refractivity contribution in [2.75, 3.05) is 17.3 Å². The fraction of sp³-hybridized carbons (Fsp3) is 0.321. The van der Waals surface area contributed by atoms with Gasteiger partial charge in [0.25, 0.3) is 5.91 Å². The van der Waals surface area contributed by atoms with Gasteiger partial charge in [-0.05, 0) is 68.0 Å². The zero-order chi connectivity index (χ0) is 22.8. The number of carbonyl (C=O) groups is 1. The lowest BCUT2D eigenvalue weighted by atomic mass is 10.0. The first kappa shape index (κ1) is 21.4. The van der Waals surface area contributed by atoms with Crippen LogP contribution in [-0.4, -0.2) is 19.1 Å². The highest BCUT2D eigenvalue weighted by atomic mass is 16.5. The van der Waals surface area contributed by atoms with Crippen LogP contribution in [0.3, 0.4) is 0 Å².